The number of rotatable bonds is 11. The van der Waals surface area contributed by atoms with Crippen molar-refractivity contribution in [3.05, 3.63) is 148 Å². The topological polar surface area (TPSA) is 120 Å². The van der Waals surface area contributed by atoms with Crippen LogP contribution in [-0.2, 0) is 22.4 Å². The van der Waals surface area contributed by atoms with Crippen LogP contribution in [0.4, 0.5) is 10.7 Å². The van der Waals surface area contributed by atoms with Crippen LogP contribution in [0.2, 0.25) is 0 Å². The Labute approximate surface area is 324 Å². The summed E-state index contributed by atoms with van der Waals surface area (Å²) in [5, 5.41) is 18.9. The molecule has 2 atom stereocenters. The number of thiophene rings is 1. The summed E-state index contributed by atoms with van der Waals surface area (Å²) >= 11 is 2.86. The fourth-order valence-corrected chi connectivity index (χ4v) is 8.80. The van der Waals surface area contributed by atoms with Gasteiger partial charge in [0.1, 0.15) is 27.8 Å². The van der Waals surface area contributed by atoms with E-state index in [2.05, 4.69) is 42.8 Å². The van der Waals surface area contributed by atoms with Crippen molar-refractivity contribution >= 4 is 57.6 Å². The van der Waals surface area contributed by atoms with Crippen molar-refractivity contribution in [2.75, 3.05) is 17.7 Å². The number of nitriles is 1. The van der Waals surface area contributed by atoms with Gasteiger partial charge in [-0.05, 0) is 95.8 Å². The second-order valence-electron chi connectivity index (χ2n) is 14.2. The molecule has 0 fully saturated rings. The summed E-state index contributed by atoms with van der Waals surface area (Å²) in [5.74, 6) is -0.0821. The Morgan fingerprint density at radius 3 is 2.35 bits per heavy atom. The van der Waals surface area contributed by atoms with Gasteiger partial charge in [0.2, 0.25) is 5.91 Å². The summed E-state index contributed by atoms with van der Waals surface area (Å²) in [6.07, 6.45) is 4.33. The fraction of sp³-hybridized carbons (Fsp3) is 0.227. The molecule has 1 heterocycles. The summed E-state index contributed by atoms with van der Waals surface area (Å²) < 4.78 is 5.35. The van der Waals surface area contributed by atoms with Crippen molar-refractivity contribution in [2.45, 2.75) is 50.2 Å². The van der Waals surface area contributed by atoms with Crippen molar-refractivity contribution in [2.24, 2.45) is 11.3 Å². The van der Waals surface area contributed by atoms with E-state index in [-0.39, 0.29) is 17.0 Å². The van der Waals surface area contributed by atoms with Gasteiger partial charge < -0.3 is 20.7 Å². The number of benzene rings is 4. The number of nitrogens with one attached hydrogen (secondary N) is 3. The number of thioether (sulfide) groups is 1. The molecule has 2 unspecified atom stereocenters. The molecule has 1 aliphatic carbocycles. The molecule has 10 heteroatoms. The van der Waals surface area contributed by atoms with E-state index in [1.54, 1.807) is 73.8 Å². The first-order valence-corrected chi connectivity index (χ1v) is 19.4. The third kappa shape index (κ3) is 9.29. The highest BCUT2D eigenvalue weighted by atomic mass is 32.2. The standard InChI is InChI=1S/C44H42N4O4S2/c1-44(2,3)31-21-22-35-36(27-45)43(54-38(35)25-31)48-42(51)39(29-14-7-5-8-15-29)53-34-20-12-18-32(26-34)46-41(50)37(24-28-13-11-19-33(23-28)52-4)47-40(49)30-16-9-6-10-17-30/h5-20,23-24,26,31,39H,21-22,25H2,1-4H3,(H,46,50)(H,47,49)(H,48,51)/b37-24-. The molecule has 5 aromatic rings. The molecule has 4 aromatic carbocycles. The molecular weight excluding hydrogens is 713 g/mol. The van der Waals surface area contributed by atoms with Crippen molar-refractivity contribution in [3.8, 4) is 11.8 Å². The van der Waals surface area contributed by atoms with Crippen LogP contribution >= 0.6 is 23.1 Å². The van der Waals surface area contributed by atoms with Gasteiger partial charge in [0.25, 0.3) is 11.8 Å². The molecule has 0 spiro atoms. The third-order valence-corrected chi connectivity index (χ3v) is 11.9. The second-order valence-corrected chi connectivity index (χ2v) is 16.4. The number of carbonyl (C=O) groups excluding carboxylic acids is 3. The fourth-order valence-electron chi connectivity index (χ4n) is 6.43. The van der Waals surface area contributed by atoms with E-state index >= 15 is 0 Å². The number of fused-ring (bicyclic) bond motifs is 1. The molecular formula is C44H42N4O4S2. The smallest absolute Gasteiger partial charge is 0.272 e. The number of nitrogens with zero attached hydrogens (tertiary/aromatic N) is 1. The van der Waals surface area contributed by atoms with Crippen LogP contribution in [-0.4, -0.2) is 24.8 Å². The Balaban J connectivity index is 1.24. The first-order valence-electron chi connectivity index (χ1n) is 17.7. The van der Waals surface area contributed by atoms with E-state index in [0.29, 0.717) is 39.0 Å². The molecule has 0 saturated carbocycles. The van der Waals surface area contributed by atoms with E-state index < -0.39 is 17.1 Å². The summed E-state index contributed by atoms with van der Waals surface area (Å²) in [6.45, 7) is 6.77. The minimum atomic E-state index is -0.654. The lowest BCUT2D eigenvalue weighted by atomic mass is 9.72. The lowest BCUT2D eigenvalue weighted by Gasteiger charge is -2.33. The van der Waals surface area contributed by atoms with Gasteiger partial charge in [-0.3, -0.25) is 14.4 Å². The average molecular weight is 755 g/mol. The Morgan fingerprint density at radius 2 is 1.65 bits per heavy atom. The normalized spacial score (nSPS) is 14.6. The quantitative estimate of drug-likeness (QED) is 0.0913. The molecule has 0 bridgehead atoms. The van der Waals surface area contributed by atoms with Crippen LogP contribution in [0.1, 0.15) is 69.9 Å². The average Bonchev–Trinajstić information content (AvgIpc) is 3.53. The van der Waals surface area contributed by atoms with E-state index in [0.717, 1.165) is 35.3 Å². The highest BCUT2D eigenvalue weighted by Gasteiger charge is 2.33. The Hall–Kier alpha value is -5.63. The van der Waals surface area contributed by atoms with Gasteiger partial charge in [-0.1, -0.05) is 87.5 Å². The van der Waals surface area contributed by atoms with Crippen molar-refractivity contribution < 1.29 is 19.1 Å². The second kappa shape index (κ2) is 17.0. The maximum absolute atomic E-state index is 14.2. The van der Waals surface area contributed by atoms with Gasteiger partial charge >= 0.3 is 0 Å². The predicted octanol–water partition coefficient (Wildman–Crippen LogP) is 9.66. The zero-order valence-electron chi connectivity index (χ0n) is 30.6. The molecule has 8 nitrogen and oxygen atoms in total. The maximum Gasteiger partial charge on any atom is 0.272 e. The van der Waals surface area contributed by atoms with Crippen LogP contribution in [0.5, 0.6) is 5.75 Å². The van der Waals surface area contributed by atoms with E-state index in [1.807, 2.05) is 48.5 Å². The van der Waals surface area contributed by atoms with Crippen LogP contribution in [0.3, 0.4) is 0 Å². The zero-order chi connectivity index (χ0) is 38.2. The Kier molecular flexibility index (Phi) is 12.0. The zero-order valence-corrected chi connectivity index (χ0v) is 32.3. The molecule has 274 valence electrons. The van der Waals surface area contributed by atoms with E-state index in [9.17, 15) is 19.6 Å². The number of hydrogen-bond donors (Lipinski definition) is 3. The van der Waals surface area contributed by atoms with Crippen LogP contribution in [0.25, 0.3) is 6.08 Å². The first-order chi connectivity index (χ1) is 26.0. The Bertz CT molecular complexity index is 2220. The Morgan fingerprint density at radius 1 is 0.926 bits per heavy atom. The van der Waals surface area contributed by atoms with Crippen molar-refractivity contribution in [3.63, 3.8) is 0 Å². The largest absolute Gasteiger partial charge is 0.497 e. The minimum absolute atomic E-state index is 0.0393. The lowest BCUT2D eigenvalue weighted by Crippen LogP contribution is -2.30. The predicted molar refractivity (Wildman–Crippen MR) is 218 cm³/mol. The van der Waals surface area contributed by atoms with Gasteiger partial charge in [-0.25, -0.2) is 0 Å². The number of methoxy groups -OCH3 is 1. The number of hydrogen-bond acceptors (Lipinski definition) is 7. The molecule has 54 heavy (non-hydrogen) atoms. The third-order valence-electron chi connectivity index (χ3n) is 9.46. The van der Waals surface area contributed by atoms with E-state index in [1.165, 1.54) is 28.0 Å². The summed E-state index contributed by atoms with van der Waals surface area (Å²) in [7, 11) is 1.56. The number of carbonyl (C=O) groups is 3. The van der Waals surface area contributed by atoms with Gasteiger partial charge in [-0.15, -0.1) is 23.1 Å². The van der Waals surface area contributed by atoms with E-state index in [4.69, 9.17) is 4.74 Å². The highest BCUT2D eigenvalue weighted by molar-refractivity contribution is 8.00. The highest BCUT2D eigenvalue weighted by Crippen LogP contribution is 2.45. The summed E-state index contributed by atoms with van der Waals surface area (Å²) in [5.41, 5.74) is 4.17. The molecule has 0 aliphatic heterocycles. The molecule has 0 radical (unpaired) electrons. The molecule has 1 aliphatic rings. The molecule has 3 N–H and O–H groups in total. The van der Waals surface area contributed by atoms with Crippen LogP contribution in [0.15, 0.2) is 120 Å². The number of anilines is 2. The SMILES string of the molecule is COc1cccc(/C=C(\NC(=O)c2ccccc2)C(=O)Nc2cccc(SC(C(=O)Nc3sc4c(c3C#N)CCC(C(C)(C)C)C4)c3ccccc3)c2)c1. The maximum atomic E-state index is 14.2. The van der Waals surface area contributed by atoms with Gasteiger partial charge in [0, 0.05) is 21.0 Å². The van der Waals surface area contributed by atoms with Gasteiger partial charge in [0.15, 0.2) is 0 Å². The van der Waals surface area contributed by atoms with Gasteiger partial charge in [-0.2, -0.15) is 5.26 Å². The number of amides is 3. The molecule has 0 saturated heterocycles. The van der Waals surface area contributed by atoms with Crippen molar-refractivity contribution in [1.82, 2.24) is 5.32 Å². The summed E-state index contributed by atoms with van der Waals surface area (Å²) in [6, 6.07) is 35.0. The first kappa shape index (κ1) is 38.1. The number of ether oxygens (including phenoxy) is 1. The molecule has 1 aromatic heterocycles. The summed E-state index contributed by atoms with van der Waals surface area (Å²) in [4.78, 5) is 43.0. The van der Waals surface area contributed by atoms with Crippen LogP contribution < -0.4 is 20.7 Å². The monoisotopic (exact) mass is 754 g/mol. The van der Waals surface area contributed by atoms with Crippen LogP contribution in [0, 0.1) is 22.7 Å². The molecule has 3 amide bonds. The molecule has 6 rings (SSSR count). The lowest BCUT2D eigenvalue weighted by molar-refractivity contribution is -0.116. The van der Waals surface area contributed by atoms with Crippen molar-refractivity contribution in [1.29, 1.82) is 5.26 Å². The minimum Gasteiger partial charge on any atom is -0.497 e. The van der Waals surface area contributed by atoms with Gasteiger partial charge in [0.05, 0.1) is 12.7 Å².